The minimum absolute atomic E-state index is 0.240. The van der Waals surface area contributed by atoms with E-state index in [1.165, 1.54) is 17.0 Å². The maximum absolute atomic E-state index is 9.95. The lowest BCUT2D eigenvalue weighted by molar-refractivity contribution is 0.156. The van der Waals surface area contributed by atoms with Crippen molar-refractivity contribution >= 4 is 0 Å². The number of hydrogen-bond donors (Lipinski definition) is 1. The second-order valence-corrected chi connectivity index (χ2v) is 4.99. The van der Waals surface area contributed by atoms with Crippen LogP contribution in [0.4, 0.5) is 0 Å². The lowest BCUT2D eigenvalue weighted by atomic mass is 9.95. The lowest BCUT2D eigenvalue weighted by Crippen LogP contribution is -2.12. The van der Waals surface area contributed by atoms with Crippen molar-refractivity contribution in [2.24, 2.45) is 0 Å². The molecule has 0 aliphatic heterocycles. The summed E-state index contributed by atoms with van der Waals surface area (Å²) in [6.45, 7) is 7.32. The summed E-state index contributed by atoms with van der Waals surface area (Å²) in [5, 5.41) is 9.95. The summed E-state index contributed by atoms with van der Waals surface area (Å²) in [6, 6.07) is 2.15. The van der Waals surface area contributed by atoms with Crippen LogP contribution in [0, 0.1) is 6.92 Å². The molecule has 0 bridgehead atoms. The number of aliphatic hydroxyl groups is 1. The molecule has 0 spiro atoms. The van der Waals surface area contributed by atoms with Crippen LogP contribution in [0.1, 0.15) is 49.7 Å². The Bertz CT molecular complexity index is 411. The first-order valence-electron chi connectivity index (χ1n) is 6.10. The second-order valence-electron chi connectivity index (χ2n) is 4.99. The van der Waals surface area contributed by atoms with Crippen molar-refractivity contribution in [1.82, 2.24) is 4.57 Å². The molecule has 1 aromatic heterocycles. The number of allylic oxidation sites excluding steroid dienone is 2. The van der Waals surface area contributed by atoms with Crippen LogP contribution in [-0.4, -0.2) is 9.67 Å². The van der Waals surface area contributed by atoms with Gasteiger partial charge in [-0.25, -0.2) is 0 Å². The Morgan fingerprint density at radius 2 is 2.31 bits per heavy atom. The predicted molar refractivity (Wildman–Crippen MR) is 66.5 cm³/mol. The lowest BCUT2D eigenvalue weighted by Gasteiger charge is -2.20. The third-order valence-corrected chi connectivity index (χ3v) is 3.38. The van der Waals surface area contributed by atoms with Crippen molar-refractivity contribution in [3.05, 3.63) is 34.7 Å². The van der Waals surface area contributed by atoms with E-state index in [0.29, 0.717) is 0 Å². The molecule has 1 heterocycles. The topological polar surface area (TPSA) is 25.2 Å². The maximum atomic E-state index is 9.95. The van der Waals surface area contributed by atoms with E-state index in [0.717, 1.165) is 31.4 Å². The van der Waals surface area contributed by atoms with Gasteiger partial charge in [0.25, 0.3) is 0 Å². The van der Waals surface area contributed by atoms with E-state index in [9.17, 15) is 5.11 Å². The van der Waals surface area contributed by atoms with Gasteiger partial charge in [-0.05, 0) is 46.1 Å². The number of rotatable bonds is 2. The maximum Gasteiger partial charge on any atom is 0.0807 e. The van der Waals surface area contributed by atoms with Gasteiger partial charge in [-0.2, -0.15) is 0 Å². The average molecular weight is 219 g/mol. The van der Waals surface area contributed by atoms with Gasteiger partial charge in [0.15, 0.2) is 0 Å². The monoisotopic (exact) mass is 219 g/mol. The van der Waals surface area contributed by atoms with Gasteiger partial charge in [-0.15, -0.1) is 0 Å². The molecule has 1 N–H and O–H groups in total. The highest BCUT2D eigenvalue weighted by molar-refractivity contribution is 5.32. The van der Waals surface area contributed by atoms with Crippen molar-refractivity contribution in [2.75, 3.05) is 0 Å². The molecule has 0 saturated heterocycles. The standard InChI is InChI=1S/C14H21NO/c1-10(2)7-8-15-11(3)9-12-13(15)5-4-6-14(12)16/h7,9,14,16H,4-6,8H2,1-3H3. The summed E-state index contributed by atoms with van der Waals surface area (Å²) in [4.78, 5) is 0. The summed E-state index contributed by atoms with van der Waals surface area (Å²) in [6.07, 6.45) is 5.13. The van der Waals surface area contributed by atoms with Gasteiger partial charge in [-0.1, -0.05) is 11.6 Å². The van der Waals surface area contributed by atoms with E-state index in [4.69, 9.17) is 0 Å². The minimum Gasteiger partial charge on any atom is -0.388 e. The quantitative estimate of drug-likeness (QED) is 0.759. The summed E-state index contributed by atoms with van der Waals surface area (Å²) >= 11 is 0. The summed E-state index contributed by atoms with van der Waals surface area (Å²) in [5.41, 5.74) is 5.11. The van der Waals surface area contributed by atoms with Gasteiger partial charge < -0.3 is 9.67 Å². The van der Waals surface area contributed by atoms with E-state index in [2.05, 4.69) is 37.5 Å². The molecule has 1 atom stereocenters. The Balaban J connectivity index is 2.34. The molecule has 2 rings (SSSR count). The van der Waals surface area contributed by atoms with Crippen molar-refractivity contribution < 1.29 is 5.11 Å². The summed E-state index contributed by atoms with van der Waals surface area (Å²) in [5.74, 6) is 0. The molecular weight excluding hydrogens is 198 g/mol. The van der Waals surface area contributed by atoms with Crippen LogP contribution in [0.3, 0.4) is 0 Å². The Morgan fingerprint density at radius 1 is 1.56 bits per heavy atom. The van der Waals surface area contributed by atoms with E-state index in [-0.39, 0.29) is 6.10 Å². The van der Waals surface area contributed by atoms with Crippen molar-refractivity contribution in [3.63, 3.8) is 0 Å². The molecule has 1 aliphatic rings. The van der Waals surface area contributed by atoms with Crippen LogP contribution in [0.15, 0.2) is 17.7 Å². The van der Waals surface area contributed by atoms with Gasteiger partial charge in [0, 0.05) is 23.5 Å². The zero-order chi connectivity index (χ0) is 11.7. The average Bonchev–Trinajstić information content (AvgIpc) is 2.53. The predicted octanol–water partition coefficient (Wildman–Crippen LogP) is 3.13. The minimum atomic E-state index is -0.240. The first-order chi connectivity index (χ1) is 7.59. The van der Waals surface area contributed by atoms with Crippen LogP contribution in [0.25, 0.3) is 0 Å². The summed E-state index contributed by atoms with van der Waals surface area (Å²) in [7, 11) is 0. The van der Waals surface area contributed by atoms with Gasteiger partial charge in [0.2, 0.25) is 0 Å². The molecule has 0 radical (unpaired) electrons. The van der Waals surface area contributed by atoms with Gasteiger partial charge >= 0.3 is 0 Å². The van der Waals surface area contributed by atoms with Crippen LogP contribution >= 0.6 is 0 Å². The molecule has 0 fully saturated rings. The van der Waals surface area contributed by atoms with Crippen LogP contribution < -0.4 is 0 Å². The molecule has 2 heteroatoms. The van der Waals surface area contributed by atoms with Crippen LogP contribution in [-0.2, 0) is 13.0 Å². The fraction of sp³-hybridized carbons (Fsp3) is 0.571. The normalized spacial score (nSPS) is 19.4. The highest BCUT2D eigenvalue weighted by Gasteiger charge is 2.22. The molecule has 0 amide bonds. The first kappa shape index (κ1) is 11.5. The number of hydrogen-bond acceptors (Lipinski definition) is 1. The van der Waals surface area contributed by atoms with Crippen molar-refractivity contribution in [2.45, 2.75) is 52.7 Å². The first-order valence-corrected chi connectivity index (χ1v) is 6.10. The SMILES string of the molecule is CC(C)=CCn1c(C)cc2c1CCCC2O. The van der Waals surface area contributed by atoms with E-state index >= 15 is 0 Å². The molecule has 0 saturated carbocycles. The second kappa shape index (κ2) is 4.46. The fourth-order valence-electron chi connectivity index (χ4n) is 2.47. The van der Waals surface area contributed by atoms with Crippen LogP contribution in [0.2, 0.25) is 0 Å². The zero-order valence-electron chi connectivity index (χ0n) is 10.5. The highest BCUT2D eigenvalue weighted by atomic mass is 16.3. The molecule has 0 aromatic carbocycles. The van der Waals surface area contributed by atoms with Crippen molar-refractivity contribution in [3.8, 4) is 0 Å². The molecular formula is C14H21NO. The number of aromatic nitrogens is 1. The zero-order valence-corrected chi connectivity index (χ0v) is 10.5. The van der Waals surface area contributed by atoms with Crippen molar-refractivity contribution in [1.29, 1.82) is 0 Å². The van der Waals surface area contributed by atoms with E-state index in [1.54, 1.807) is 0 Å². The van der Waals surface area contributed by atoms with Crippen LogP contribution in [0.5, 0.6) is 0 Å². The van der Waals surface area contributed by atoms with E-state index < -0.39 is 0 Å². The Kier molecular flexibility index (Phi) is 3.20. The molecule has 2 nitrogen and oxygen atoms in total. The molecule has 1 unspecified atom stereocenters. The highest BCUT2D eigenvalue weighted by Crippen LogP contribution is 2.32. The fourth-order valence-corrected chi connectivity index (χ4v) is 2.47. The van der Waals surface area contributed by atoms with Gasteiger partial charge in [0.1, 0.15) is 0 Å². The number of aryl methyl sites for hydroxylation is 1. The molecule has 1 aliphatic carbocycles. The molecule has 1 aromatic rings. The van der Waals surface area contributed by atoms with Gasteiger partial charge in [-0.3, -0.25) is 0 Å². The third-order valence-electron chi connectivity index (χ3n) is 3.38. The van der Waals surface area contributed by atoms with Gasteiger partial charge in [0.05, 0.1) is 6.10 Å². The largest absolute Gasteiger partial charge is 0.388 e. The number of nitrogens with zero attached hydrogens (tertiary/aromatic N) is 1. The number of aliphatic hydroxyl groups excluding tert-OH is 1. The summed E-state index contributed by atoms with van der Waals surface area (Å²) < 4.78 is 2.34. The third kappa shape index (κ3) is 2.07. The number of fused-ring (bicyclic) bond motifs is 1. The van der Waals surface area contributed by atoms with E-state index in [1.807, 2.05) is 0 Å². The Hall–Kier alpha value is -1.02. The molecule has 88 valence electrons. The smallest absolute Gasteiger partial charge is 0.0807 e. The Morgan fingerprint density at radius 3 is 3.00 bits per heavy atom. The Labute approximate surface area is 97.6 Å². The molecule has 16 heavy (non-hydrogen) atoms.